The number of benzene rings is 1. The summed E-state index contributed by atoms with van der Waals surface area (Å²) < 4.78 is 0. The highest BCUT2D eigenvalue weighted by molar-refractivity contribution is 5.96. The van der Waals surface area contributed by atoms with Gasteiger partial charge < -0.3 is 10.3 Å². The summed E-state index contributed by atoms with van der Waals surface area (Å²) in [5.41, 5.74) is 7.04. The molecule has 6 heteroatoms. The van der Waals surface area contributed by atoms with Gasteiger partial charge in [-0.1, -0.05) is 31.0 Å². The van der Waals surface area contributed by atoms with Gasteiger partial charge in [0.1, 0.15) is 5.69 Å². The lowest BCUT2D eigenvalue weighted by Gasteiger charge is -2.11. The second-order valence-corrected chi connectivity index (χ2v) is 8.82. The highest BCUT2D eigenvalue weighted by Crippen LogP contribution is 2.30. The van der Waals surface area contributed by atoms with Crippen LogP contribution in [0.1, 0.15) is 31.2 Å². The molecule has 32 heavy (non-hydrogen) atoms. The lowest BCUT2D eigenvalue weighted by Crippen LogP contribution is -2.20. The molecular formula is C26H26N6. The average molecular weight is 423 g/mol. The van der Waals surface area contributed by atoms with Crippen LogP contribution >= 0.6 is 0 Å². The monoisotopic (exact) mass is 422 g/mol. The summed E-state index contributed by atoms with van der Waals surface area (Å²) >= 11 is 0. The van der Waals surface area contributed by atoms with Gasteiger partial charge in [-0.05, 0) is 55.1 Å². The van der Waals surface area contributed by atoms with Crippen LogP contribution in [0.4, 0.5) is 0 Å². The van der Waals surface area contributed by atoms with Crippen LogP contribution in [0, 0.1) is 5.92 Å². The van der Waals surface area contributed by atoms with E-state index in [4.69, 9.17) is 0 Å². The van der Waals surface area contributed by atoms with Crippen LogP contribution in [0.2, 0.25) is 0 Å². The number of nitrogens with zero attached hydrogens (tertiary/aromatic N) is 3. The molecule has 1 aromatic carbocycles. The summed E-state index contributed by atoms with van der Waals surface area (Å²) in [5, 5.41) is 13.5. The fraction of sp³-hybridized carbons (Fsp3) is 0.269. The molecule has 0 aliphatic heterocycles. The van der Waals surface area contributed by atoms with Crippen molar-refractivity contribution in [2.24, 2.45) is 5.92 Å². The standard InChI is InChI=1S/C26H26N6/c1-2-6-17(5-1)12-27-13-18-9-20(15-28-14-18)23-11-21-25(16-29-23)31-32-26(21)24-10-19-7-3-4-8-22(19)30-24/h3-4,7-11,14-17,27,30H,1-2,5-6,12-13H2,(H,31,32). The number of aromatic amines is 2. The van der Waals surface area contributed by atoms with Crippen LogP contribution in [-0.2, 0) is 6.54 Å². The minimum Gasteiger partial charge on any atom is -0.353 e. The second kappa shape index (κ2) is 8.20. The van der Waals surface area contributed by atoms with Gasteiger partial charge in [0.25, 0.3) is 0 Å². The molecular weight excluding hydrogens is 396 g/mol. The predicted octanol–water partition coefficient (Wildman–Crippen LogP) is 5.45. The average Bonchev–Trinajstić information content (AvgIpc) is 3.58. The molecule has 4 aromatic heterocycles. The van der Waals surface area contributed by atoms with Crippen molar-refractivity contribution in [3.63, 3.8) is 0 Å². The Morgan fingerprint density at radius 2 is 1.88 bits per heavy atom. The van der Waals surface area contributed by atoms with Crippen LogP contribution in [0.25, 0.3) is 44.5 Å². The maximum Gasteiger partial charge on any atom is 0.116 e. The van der Waals surface area contributed by atoms with E-state index in [0.29, 0.717) is 0 Å². The number of nitrogens with one attached hydrogen (secondary N) is 3. The smallest absolute Gasteiger partial charge is 0.116 e. The number of fused-ring (bicyclic) bond motifs is 2. The van der Waals surface area contributed by atoms with E-state index in [1.165, 1.54) is 36.6 Å². The molecule has 1 saturated carbocycles. The number of hydrogen-bond donors (Lipinski definition) is 3. The maximum absolute atomic E-state index is 4.67. The fourth-order valence-electron chi connectivity index (χ4n) is 4.84. The van der Waals surface area contributed by atoms with Crippen molar-refractivity contribution >= 4 is 21.8 Å². The van der Waals surface area contributed by atoms with Crippen LogP contribution in [0.5, 0.6) is 0 Å². The lowest BCUT2D eigenvalue weighted by atomic mass is 10.1. The van der Waals surface area contributed by atoms with Crippen LogP contribution in [0.3, 0.4) is 0 Å². The zero-order chi connectivity index (χ0) is 21.3. The molecule has 1 aliphatic rings. The third kappa shape index (κ3) is 3.67. The second-order valence-electron chi connectivity index (χ2n) is 8.82. The number of hydrogen-bond acceptors (Lipinski definition) is 4. The molecule has 160 valence electrons. The van der Waals surface area contributed by atoms with Crippen molar-refractivity contribution in [3.05, 3.63) is 66.6 Å². The molecule has 6 nitrogen and oxygen atoms in total. The number of pyridine rings is 2. The number of H-pyrrole nitrogens is 2. The molecule has 3 N–H and O–H groups in total. The topological polar surface area (TPSA) is 82.3 Å². The van der Waals surface area contributed by atoms with Crippen molar-refractivity contribution in [1.82, 2.24) is 30.5 Å². The molecule has 5 aromatic rings. The summed E-state index contributed by atoms with van der Waals surface area (Å²) in [7, 11) is 0. The first-order valence-electron chi connectivity index (χ1n) is 11.4. The van der Waals surface area contributed by atoms with E-state index in [2.05, 4.69) is 60.8 Å². The van der Waals surface area contributed by atoms with Gasteiger partial charge in [0.05, 0.1) is 23.1 Å². The third-order valence-electron chi connectivity index (χ3n) is 6.56. The Morgan fingerprint density at radius 3 is 2.78 bits per heavy atom. The number of aromatic nitrogens is 5. The zero-order valence-corrected chi connectivity index (χ0v) is 17.9. The summed E-state index contributed by atoms with van der Waals surface area (Å²) in [6.45, 7) is 1.93. The zero-order valence-electron chi connectivity index (χ0n) is 17.9. The van der Waals surface area contributed by atoms with Crippen LogP contribution in [-0.4, -0.2) is 31.7 Å². The van der Waals surface area contributed by atoms with Crippen molar-refractivity contribution < 1.29 is 0 Å². The molecule has 0 amide bonds. The Hall–Kier alpha value is -3.51. The number of rotatable bonds is 6. The Bertz CT molecular complexity index is 1340. The van der Waals surface area contributed by atoms with Crippen molar-refractivity contribution in [1.29, 1.82) is 0 Å². The van der Waals surface area contributed by atoms with Gasteiger partial charge in [-0.3, -0.25) is 15.1 Å². The Labute approximate surface area is 186 Å². The molecule has 0 saturated heterocycles. The molecule has 0 spiro atoms. The first-order valence-corrected chi connectivity index (χ1v) is 11.4. The third-order valence-corrected chi connectivity index (χ3v) is 6.56. The minimum absolute atomic E-state index is 0.833. The molecule has 1 fully saturated rings. The van der Waals surface area contributed by atoms with E-state index in [1.807, 2.05) is 30.7 Å². The van der Waals surface area contributed by atoms with Gasteiger partial charge in [-0.2, -0.15) is 5.10 Å². The lowest BCUT2D eigenvalue weighted by molar-refractivity contribution is 0.489. The molecule has 0 unspecified atom stereocenters. The Kier molecular flexibility index (Phi) is 4.92. The molecule has 0 bridgehead atoms. The molecule has 6 rings (SSSR count). The largest absolute Gasteiger partial charge is 0.353 e. The summed E-state index contributed by atoms with van der Waals surface area (Å²) in [5.74, 6) is 0.833. The van der Waals surface area contributed by atoms with Gasteiger partial charge in [0.15, 0.2) is 0 Å². The van der Waals surface area contributed by atoms with E-state index in [0.717, 1.165) is 58.1 Å². The first-order chi connectivity index (χ1) is 15.8. The van der Waals surface area contributed by atoms with E-state index >= 15 is 0 Å². The predicted molar refractivity (Wildman–Crippen MR) is 128 cm³/mol. The highest BCUT2D eigenvalue weighted by Gasteiger charge is 2.15. The molecule has 0 radical (unpaired) electrons. The highest BCUT2D eigenvalue weighted by atomic mass is 15.1. The molecule has 1 aliphatic carbocycles. The van der Waals surface area contributed by atoms with Gasteiger partial charge in [0.2, 0.25) is 0 Å². The van der Waals surface area contributed by atoms with Crippen molar-refractivity contribution in [3.8, 4) is 22.6 Å². The summed E-state index contributed by atoms with van der Waals surface area (Å²) in [6, 6.07) is 14.7. The van der Waals surface area contributed by atoms with E-state index in [9.17, 15) is 0 Å². The van der Waals surface area contributed by atoms with Crippen LogP contribution < -0.4 is 5.32 Å². The van der Waals surface area contributed by atoms with Gasteiger partial charge in [-0.25, -0.2) is 0 Å². The quantitative estimate of drug-likeness (QED) is 0.340. The van der Waals surface area contributed by atoms with E-state index < -0.39 is 0 Å². The number of para-hydroxylation sites is 1. The van der Waals surface area contributed by atoms with Gasteiger partial charge in [-0.15, -0.1) is 0 Å². The maximum atomic E-state index is 4.67. The Morgan fingerprint density at radius 1 is 0.969 bits per heavy atom. The van der Waals surface area contributed by atoms with Crippen molar-refractivity contribution in [2.45, 2.75) is 32.2 Å². The Balaban J connectivity index is 1.28. The SMILES string of the molecule is c1ccc2[nH]c(-c3n[nH]c4cnc(-c5cncc(CNCC6CCCC6)c5)cc34)cc2c1. The van der Waals surface area contributed by atoms with Crippen molar-refractivity contribution in [2.75, 3.05) is 6.54 Å². The van der Waals surface area contributed by atoms with E-state index in [1.54, 1.807) is 0 Å². The van der Waals surface area contributed by atoms with Gasteiger partial charge >= 0.3 is 0 Å². The van der Waals surface area contributed by atoms with Crippen LogP contribution in [0.15, 0.2) is 61.1 Å². The normalized spacial score (nSPS) is 14.6. The minimum atomic E-state index is 0.833. The summed E-state index contributed by atoms with van der Waals surface area (Å²) in [6.07, 6.45) is 11.2. The first kappa shape index (κ1) is 19.2. The molecule has 4 heterocycles. The fourth-order valence-corrected chi connectivity index (χ4v) is 4.84. The van der Waals surface area contributed by atoms with E-state index in [-0.39, 0.29) is 0 Å². The summed E-state index contributed by atoms with van der Waals surface area (Å²) in [4.78, 5) is 12.6. The van der Waals surface area contributed by atoms with Gasteiger partial charge in [0, 0.05) is 40.8 Å². The molecule has 0 atom stereocenters.